The molecule has 2 fully saturated rings. The van der Waals surface area contributed by atoms with Gasteiger partial charge in [0.25, 0.3) is 0 Å². The number of amides is 2. The monoisotopic (exact) mass is 612 g/mol. The Hall–Kier alpha value is -1.69. The molecule has 0 radical (unpaired) electrons. The maximum absolute atomic E-state index is 13.7. The molecule has 198 valence electrons. The highest BCUT2D eigenvalue weighted by Gasteiger charge is 2.42. The van der Waals surface area contributed by atoms with E-state index in [4.69, 9.17) is 9.47 Å². The Kier molecular flexibility index (Phi) is 10.0. The van der Waals surface area contributed by atoms with Crippen LogP contribution in [-0.2, 0) is 14.3 Å². The highest BCUT2D eigenvalue weighted by atomic mass is 127. The number of hydrogen-bond donors (Lipinski definition) is 3. The molecule has 0 bridgehead atoms. The number of para-hydroxylation sites is 1. The molecule has 3 N–H and O–H groups in total. The van der Waals surface area contributed by atoms with E-state index in [0.29, 0.717) is 36.8 Å². The molecule has 1 saturated heterocycles. The van der Waals surface area contributed by atoms with Crippen molar-refractivity contribution in [3.8, 4) is 5.75 Å². The van der Waals surface area contributed by atoms with Crippen LogP contribution in [0.25, 0.3) is 0 Å². The van der Waals surface area contributed by atoms with Gasteiger partial charge in [0.05, 0.1) is 22.3 Å². The number of aliphatic hydroxyl groups excluding tert-OH is 2. The van der Waals surface area contributed by atoms with Gasteiger partial charge in [0.2, 0.25) is 11.8 Å². The molecule has 1 heterocycles. The van der Waals surface area contributed by atoms with Gasteiger partial charge in [-0.3, -0.25) is 9.59 Å². The third-order valence-corrected chi connectivity index (χ3v) is 8.29. The van der Waals surface area contributed by atoms with Crippen molar-refractivity contribution in [1.82, 2.24) is 10.2 Å². The normalized spacial score (nSPS) is 26.5. The van der Waals surface area contributed by atoms with Gasteiger partial charge in [-0.2, -0.15) is 0 Å². The van der Waals surface area contributed by atoms with Crippen LogP contribution >= 0.6 is 22.6 Å². The second-order valence-electron chi connectivity index (χ2n) is 9.98. The van der Waals surface area contributed by atoms with E-state index in [-0.39, 0.29) is 37.5 Å². The van der Waals surface area contributed by atoms with Crippen molar-refractivity contribution >= 4 is 34.4 Å². The number of hydrogen-bond acceptors (Lipinski definition) is 6. The number of carbonyl (C=O) groups excluding carboxylic acids is 2. The Morgan fingerprint density at radius 1 is 1.17 bits per heavy atom. The fourth-order valence-corrected chi connectivity index (χ4v) is 5.99. The van der Waals surface area contributed by atoms with Crippen molar-refractivity contribution in [2.24, 2.45) is 5.92 Å². The van der Waals surface area contributed by atoms with Crippen LogP contribution in [0.15, 0.2) is 35.9 Å². The largest absolute Gasteiger partial charge is 0.482 e. The van der Waals surface area contributed by atoms with Gasteiger partial charge in [-0.15, -0.1) is 0 Å². The van der Waals surface area contributed by atoms with Crippen molar-refractivity contribution in [1.29, 1.82) is 0 Å². The second kappa shape index (κ2) is 13.2. The second-order valence-corrected chi connectivity index (χ2v) is 11.1. The Balaban J connectivity index is 1.61. The molecule has 4 atom stereocenters. The minimum Gasteiger partial charge on any atom is -0.482 e. The molecule has 2 amide bonds. The minimum atomic E-state index is -1.01. The van der Waals surface area contributed by atoms with Gasteiger partial charge >= 0.3 is 0 Å². The zero-order valence-corrected chi connectivity index (χ0v) is 22.8. The van der Waals surface area contributed by atoms with Crippen LogP contribution in [0.5, 0.6) is 5.75 Å². The van der Waals surface area contributed by atoms with Crippen LogP contribution < -0.4 is 10.1 Å². The zero-order valence-electron chi connectivity index (χ0n) is 20.6. The predicted octanol–water partition coefficient (Wildman–Crippen LogP) is 2.79. The van der Waals surface area contributed by atoms with Gasteiger partial charge in [-0.05, 0) is 72.4 Å². The molecular formula is C27H37IN2O6. The average Bonchev–Trinajstić information content (AvgIpc) is 3.58. The summed E-state index contributed by atoms with van der Waals surface area (Å²) in [5, 5.41) is 23.4. The molecule has 4 unspecified atom stereocenters. The first-order valence-corrected chi connectivity index (χ1v) is 14.1. The van der Waals surface area contributed by atoms with E-state index in [2.05, 4.69) is 27.9 Å². The summed E-state index contributed by atoms with van der Waals surface area (Å²) in [6, 6.07) is 6.89. The highest BCUT2D eigenvalue weighted by Crippen LogP contribution is 2.33. The summed E-state index contributed by atoms with van der Waals surface area (Å²) in [5.74, 6) is 0.660. The molecule has 36 heavy (non-hydrogen) atoms. The first-order chi connectivity index (χ1) is 17.5. The minimum absolute atomic E-state index is 0.00603. The molecule has 0 aromatic heterocycles. The molecule has 1 aromatic carbocycles. The van der Waals surface area contributed by atoms with E-state index in [9.17, 15) is 19.8 Å². The van der Waals surface area contributed by atoms with E-state index < -0.39 is 18.2 Å². The van der Waals surface area contributed by atoms with Gasteiger partial charge in [0.15, 0.2) is 0 Å². The van der Waals surface area contributed by atoms with Gasteiger partial charge in [0.1, 0.15) is 18.0 Å². The molecule has 3 aliphatic rings. The lowest BCUT2D eigenvalue weighted by Gasteiger charge is -2.41. The summed E-state index contributed by atoms with van der Waals surface area (Å²) in [5.41, 5.74) is 0.445. The number of halogens is 1. The molecule has 8 nitrogen and oxygen atoms in total. The van der Waals surface area contributed by atoms with Crippen molar-refractivity contribution in [3.63, 3.8) is 0 Å². The lowest BCUT2D eigenvalue weighted by atomic mass is 9.87. The Morgan fingerprint density at radius 3 is 2.64 bits per heavy atom. The predicted molar refractivity (Wildman–Crippen MR) is 143 cm³/mol. The van der Waals surface area contributed by atoms with Crippen LogP contribution in [0, 0.1) is 9.49 Å². The number of ether oxygens (including phenoxy) is 2. The summed E-state index contributed by atoms with van der Waals surface area (Å²) in [6.45, 7) is 1.04. The Labute approximate surface area is 226 Å². The fraction of sp³-hybridized carbons (Fsp3) is 0.630. The van der Waals surface area contributed by atoms with Crippen molar-refractivity contribution < 1.29 is 29.3 Å². The van der Waals surface area contributed by atoms with Gasteiger partial charge in [0, 0.05) is 38.1 Å². The number of nitrogens with zero attached hydrogens (tertiary/aromatic N) is 1. The summed E-state index contributed by atoms with van der Waals surface area (Å²) in [7, 11) is 0. The highest BCUT2D eigenvalue weighted by molar-refractivity contribution is 14.1. The van der Waals surface area contributed by atoms with Crippen molar-refractivity contribution in [2.45, 2.75) is 75.7 Å². The van der Waals surface area contributed by atoms with Crippen LogP contribution in [0.2, 0.25) is 0 Å². The van der Waals surface area contributed by atoms with Crippen LogP contribution in [0.3, 0.4) is 0 Å². The Bertz CT molecular complexity index is 929. The molecule has 1 aliphatic heterocycles. The fourth-order valence-electron chi connectivity index (χ4n) is 5.48. The van der Waals surface area contributed by atoms with E-state index in [1.807, 2.05) is 24.3 Å². The number of rotatable bonds is 10. The van der Waals surface area contributed by atoms with Crippen LogP contribution in [0.4, 0.5) is 0 Å². The zero-order chi connectivity index (χ0) is 25.5. The van der Waals surface area contributed by atoms with Gasteiger partial charge in [-0.1, -0.05) is 25.0 Å². The first-order valence-electron chi connectivity index (χ1n) is 13.1. The molecular weight excluding hydrogens is 575 g/mol. The third-order valence-electron chi connectivity index (χ3n) is 7.40. The van der Waals surface area contributed by atoms with Gasteiger partial charge in [-0.25, -0.2) is 0 Å². The van der Waals surface area contributed by atoms with Crippen LogP contribution in [-0.4, -0.2) is 77.6 Å². The lowest BCUT2D eigenvalue weighted by molar-refractivity contribution is -0.141. The van der Waals surface area contributed by atoms with Crippen LogP contribution in [0.1, 0.15) is 51.4 Å². The average molecular weight is 613 g/mol. The standard InChI is InChI=1S/C27H37IN2O6/c28-21-9-3-4-10-23(21)36-24-16-19(27(34)29-11-12-31)15-22(26(24)33)30(17-20-8-5-13-35-20)25(32)14-18-6-1-2-7-18/h3-4,9-10,16,18,20,22,24,26,31,33H,1-2,5-8,11-15,17H2,(H,29,34). The molecule has 1 saturated carbocycles. The van der Waals surface area contributed by atoms with E-state index >= 15 is 0 Å². The quantitative estimate of drug-likeness (QED) is 0.351. The number of carbonyl (C=O) groups is 2. The SMILES string of the molecule is O=C(NCCO)C1=CC(Oc2ccccc2I)C(O)C(N(CC2CCCO2)C(=O)CC2CCCC2)C1. The smallest absolute Gasteiger partial charge is 0.247 e. The van der Waals surface area contributed by atoms with E-state index in [0.717, 1.165) is 42.1 Å². The Morgan fingerprint density at radius 2 is 1.94 bits per heavy atom. The summed E-state index contributed by atoms with van der Waals surface area (Å²) in [6.07, 6.45) is 6.68. The maximum Gasteiger partial charge on any atom is 0.247 e. The molecule has 0 spiro atoms. The number of aliphatic hydroxyl groups is 2. The first kappa shape index (κ1) is 27.3. The van der Waals surface area contributed by atoms with Crippen molar-refractivity contribution in [3.05, 3.63) is 39.5 Å². The molecule has 4 rings (SSSR count). The molecule has 9 heteroatoms. The topological polar surface area (TPSA) is 108 Å². The van der Waals surface area contributed by atoms with Gasteiger partial charge < -0.3 is 29.9 Å². The third kappa shape index (κ3) is 6.99. The number of nitrogens with one attached hydrogen (secondary N) is 1. The summed E-state index contributed by atoms with van der Waals surface area (Å²) in [4.78, 5) is 28.4. The lowest BCUT2D eigenvalue weighted by Crippen LogP contribution is -2.56. The van der Waals surface area contributed by atoms with E-state index in [1.165, 1.54) is 0 Å². The summed E-state index contributed by atoms with van der Waals surface area (Å²) < 4.78 is 13.0. The maximum atomic E-state index is 13.7. The number of benzene rings is 1. The molecule has 2 aliphatic carbocycles. The summed E-state index contributed by atoms with van der Waals surface area (Å²) >= 11 is 2.17. The van der Waals surface area contributed by atoms with E-state index in [1.54, 1.807) is 11.0 Å². The van der Waals surface area contributed by atoms with Crippen molar-refractivity contribution in [2.75, 3.05) is 26.3 Å². The molecule has 1 aromatic rings.